The molecule has 3 aromatic heterocycles. The summed E-state index contributed by atoms with van der Waals surface area (Å²) >= 11 is 0. The molecule has 12 heteroatoms. The molecule has 3 N–H and O–H groups in total. The molecule has 36 heavy (non-hydrogen) atoms. The molecule has 10 nitrogen and oxygen atoms in total. The Balaban J connectivity index is 1.36. The van der Waals surface area contributed by atoms with Crippen molar-refractivity contribution in [3.05, 3.63) is 65.4 Å². The van der Waals surface area contributed by atoms with Crippen LogP contribution in [0, 0.1) is 11.6 Å². The number of aromatic amines is 1. The van der Waals surface area contributed by atoms with Gasteiger partial charge >= 0.3 is 0 Å². The molecule has 0 bridgehead atoms. The summed E-state index contributed by atoms with van der Waals surface area (Å²) in [6, 6.07) is 2.54. The van der Waals surface area contributed by atoms with Gasteiger partial charge in [-0.2, -0.15) is 15.4 Å². The van der Waals surface area contributed by atoms with Crippen LogP contribution in [-0.2, 0) is 23.2 Å². The van der Waals surface area contributed by atoms with Crippen molar-refractivity contribution in [2.75, 3.05) is 30.8 Å². The van der Waals surface area contributed by atoms with E-state index in [9.17, 15) is 8.78 Å². The first-order chi connectivity index (χ1) is 17.5. The average molecular weight is 494 g/mol. The third-order valence-electron chi connectivity index (χ3n) is 7.39. The zero-order chi connectivity index (χ0) is 24.9. The molecule has 4 heterocycles. The normalized spacial score (nSPS) is 17.5. The Hall–Kier alpha value is -3.93. The highest BCUT2D eigenvalue weighted by Crippen LogP contribution is 2.41. The minimum absolute atomic E-state index is 0.0732. The molecule has 0 atom stereocenters. The summed E-state index contributed by atoms with van der Waals surface area (Å²) in [6.07, 6.45) is 9.38. The summed E-state index contributed by atoms with van der Waals surface area (Å²) in [7, 11) is 1.70. The Morgan fingerprint density at radius 3 is 2.25 bits per heavy atom. The van der Waals surface area contributed by atoms with Gasteiger partial charge in [-0.3, -0.25) is 0 Å². The predicted molar refractivity (Wildman–Crippen MR) is 127 cm³/mol. The van der Waals surface area contributed by atoms with Crippen LogP contribution < -0.4 is 10.6 Å². The highest BCUT2D eigenvalue weighted by Gasteiger charge is 2.40. The summed E-state index contributed by atoms with van der Waals surface area (Å²) in [5, 5.41) is 10.9. The van der Waals surface area contributed by atoms with Gasteiger partial charge in [0.25, 0.3) is 0 Å². The summed E-state index contributed by atoms with van der Waals surface area (Å²) in [6.45, 7) is 1.40. The van der Waals surface area contributed by atoms with Crippen LogP contribution in [0.2, 0.25) is 0 Å². The lowest BCUT2D eigenvalue weighted by molar-refractivity contribution is -0.0383. The number of nitrogen functional groups attached to an aromatic ring is 1. The molecular weight excluding hydrogens is 468 g/mol. The quantitative estimate of drug-likeness (QED) is 0.435. The Bertz CT molecular complexity index is 1350. The first-order valence-electron chi connectivity index (χ1n) is 11.8. The van der Waals surface area contributed by atoms with Crippen LogP contribution in [0.1, 0.15) is 35.7 Å². The number of aromatic nitrogens is 7. The SMILES string of the molecule is COC1(c2cn[nH]n2)CCN(c2cnc(-c3cnc(N)nc3)n2C2Cc3cc(F)c(F)cc3C2)CC1. The summed E-state index contributed by atoms with van der Waals surface area (Å²) < 4.78 is 36.0. The van der Waals surface area contributed by atoms with E-state index in [0.29, 0.717) is 44.6 Å². The minimum atomic E-state index is -0.827. The van der Waals surface area contributed by atoms with Crippen molar-refractivity contribution in [3.8, 4) is 11.4 Å². The Morgan fingerprint density at radius 1 is 1.00 bits per heavy atom. The molecule has 1 saturated heterocycles. The highest BCUT2D eigenvalue weighted by molar-refractivity contribution is 5.60. The molecular formula is C24H25F2N9O. The van der Waals surface area contributed by atoms with E-state index in [1.165, 1.54) is 12.1 Å². The summed E-state index contributed by atoms with van der Waals surface area (Å²) in [5.41, 5.74) is 8.30. The molecule has 0 amide bonds. The molecule has 186 valence electrons. The number of nitrogens with one attached hydrogen (secondary N) is 1. The van der Waals surface area contributed by atoms with Crippen LogP contribution in [0.3, 0.4) is 0 Å². The predicted octanol–water partition coefficient (Wildman–Crippen LogP) is 2.80. The lowest BCUT2D eigenvalue weighted by Gasteiger charge is -2.40. The van der Waals surface area contributed by atoms with E-state index in [1.54, 1.807) is 25.7 Å². The number of nitrogens with two attached hydrogens (primary N) is 1. The lowest BCUT2D eigenvalue weighted by atomic mass is 9.88. The van der Waals surface area contributed by atoms with Crippen LogP contribution in [0.25, 0.3) is 11.4 Å². The zero-order valence-corrected chi connectivity index (χ0v) is 19.7. The molecule has 6 rings (SSSR count). The smallest absolute Gasteiger partial charge is 0.219 e. The van der Waals surface area contributed by atoms with Gasteiger partial charge in [0.05, 0.1) is 18.0 Å². The van der Waals surface area contributed by atoms with Crippen LogP contribution >= 0.6 is 0 Å². The van der Waals surface area contributed by atoms with Crippen molar-refractivity contribution < 1.29 is 13.5 Å². The van der Waals surface area contributed by atoms with Gasteiger partial charge in [0.15, 0.2) is 11.6 Å². The van der Waals surface area contributed by atoms with Crippen molar-refractivity contribution in [3.63, 3.8) is 0 Å². The number of fused-ring (bicyclic) bond motifs is 1. The van der Waals surface area contributed by atoms with Crippen LogP contribution in [0.5, 0.6) is 0 Å². The van der Waals surface area contributed by atoms with Crippen molar-refractivity contribution >= 4 is 11.8 Å². The van der Waals surface area contributed by atoms with Crippen LogP contribution in [0.15, 0.2) is 36.9 Å². The highest BCUT2D eigenvalue weighted by atomic mass is 19.2. The van der Waals surface area contributed by atoms with Crippen LogP contribution in [-0.4, -0.2) is 55.1 Å². The van der Waals surface area contributed by atoms with Gasteiger partial charge in [-0.1, -0.05) is 0 Å². The molecule has 0 radical (unpaired) electrons. The molecule has 0 saturated carbocycles. The number of hydrogen-bond acceptors (Lipinski definition) is 8. The molecule has 1 aliphatic carbocycles. The second kappa shape index (κ2) is 8.63. The molecule has 0 spiro atoms. The number of imidazole rings is 1. The van der Waals surface area contributed by atoms with Crippen molar-refractivity contribution in [1.29, 1.82) is 0 Å². The van der Waals surface area contributed by atoms with Gasteiger partial charge in [0.2, 0.25) is 5.95 Å². The zero-order valence-electron chi connectivity index (χ0n) is 19.7. The Labute approximate surface area is 205 Å². The van der Waals surface area contributed by atoms with Crippen molar-refractivity contribution in [2.24, 2.45) is 0 Å². The van der Waals surface area contributed by atoms with E-state index in [4.69, 9.17) is 15.5 Å². The van der Waals surface area contributed by atoms with Gasteiger partial charge in [0.1, 0.15) is 22.9 Å². The number of rotatable bonds is 5. The molecule has 1 fully saturated rings. The Morgan fingerprint density at radius 2 is 1.67 bits per heavy atom. The number of piperidine rings is 1. The Kier molecular flexibility index (Phi) is 5.40. The molecule has 2 aliphatic rings. The minimum Gasteiger partial charge on any atom is -0.372 e. The van der Waals surface area contributed by atoms with Gasteiger partial charge in [0, 0.05) is 38.6 Å². The third kappa shape index (κ3) is 3.68. The van der Waals surface area contributed by atoms with Crippen molar-refractivity contribution in [2.45, 2.75) is 37.3 Å². The van der Waals surface area contributed by atoms with E-state index in [1.807, 2.05) is 6.20 Å². The van der Waals surface area contributed by atoms with Crippen LogP contribution in [0.4, 0.5) is 20.5 Å². The number of H-pyrrole nitrogens is 1. The standard InChI is InChI=1S/C24H25F2N9O/c1-36-24(20-12-31-33-32-20)2-4-34(5-3-24)21-13-28-22(16-10-29-23(27)30-11-16)35(21)17-6-14-8-18(25)19(26)9-15(14)7-17/h8-13,17H,2-7H2,1H3,(H2,27,29,30)(H,31,32,33). The number of ether oxygens (including phenoxy) is 1. The third-order valence-corrected chi connectivity index (χ3v) is 7.39. The summed E-state index contributed by atoms with van der Waals surface area (Å²) in [4.78, 5) is 15.3. The van der Waals surface area contributed by atoms with E-state index >= 15 is 0 Å². The monoisotopic (exact) mass is 493 g/mol. The van der Waals surface area contributed by atoms with E-state index < -0.39 is 17.2 Å². The average Bonchev–Trinajstić information content (AvgIpc) is 3.65. The van der Waals surface area contributed by atoms with Crippen molar-refractivity contribution in [1.82, 2.24) is 34.9 Å². The van der Waals surface area contributed by atoms with E-state index in [-0.39, 0.29) is 12.0 Å². The molecule has 0 unspecified atom stereocenters. The molecule has 4 aromatic rings. The van der Waals surface area contributed by atoms with Gasteiger partial charge < -0.3 is 19.9 Å². The first-order valence-corrected chi connectivity index (χ1v) is 11.8. The largest absolute Gasteiger partial charge is 0.372 e. The number of anilines is 2. The number of methoxy groups -OCH3 is 1. The topological polar surface area (TPSA) is 124 Å². The van der Waals surface area contributed by atoms with Gasteiger partial charge in [-0.05, 0) is 48.9 Å². The maximum atomic E-state index is 14.0. The number of benzene rings is 1. The number of halogens is 2. The second-order valence-corrected chi connectivity index (χ2v) is 9.28. The van der Waals surface area contributed by atoms with Gasteiger partial charge in [-0.25, -0.2) is 23.7 Å². The first kappa shape index (κ1) is 22.5. The fourth-order valence-corrected chi connectivity index (χ4v) is 5.47. The second-order valence-electron chi connectivity index (χ2n) is 9.28. The number of hydrogen-bond donors (Lipinski definition) is 2. The molecule has 1 aromatic carbocycles. The fourth-order valence-electron chi connectivity index (χ4n) is 5.47. The fraction of sp³-hybridized carbons (Fsp3) is 0.375. The lowest BCUT2D eigenvalue weighted by Crippen LogP contribution is -2.45. The summed E-state index contributed by atoms with van der Waals surface area (Å²) in [5.74, 6) is 0.129. The van der Waals surface area contributed by atoms with Gasteiger partial charge in [-0.15, -0.1) is 0 Å². The number of nitrogens with zero attached hydrogens (tertiary/aromatic N) is 7. The maximum Gasteiger partial charge on any atom is 0.219 e. The maximum absolute atomic E-state index is 14.0. The van der Waals surface area contributed by atoms with E-state index in [0.717, 1.165) is 28.2 Å². The van der Waals surface area contributed by atoms with E-state index in [2.05, 4.69) is 34.8 Å². The molecule has 1 aliphatic heterocycles.